The summed E-state index contributed by atoms with van der Waals surface area (Å²) in [6.07, 6.45) is 4.32. The van der Waals surface area contributed by atoms with Crippen LogP contribution in [0.25, 0.3) is 22.2 Å². The van der Waals surface area contributed by atoms with Crippen LogP contribution < -0.4 is 10.6 Å². The molecule has 0 spiro atoms. The summed E-state index contributed by atoms with van der Waals surface area (Å²) in [6.45, 7) is 3.59. The van der Waals surface area contributed by atoms with Crippen LogP contribution in [0, 0.1) is 12.7 Å². The largest absolute Gasteiger partial charge is 0.359 e. The molecule has 2 aromatic heterocycles. The lowest BCUT2D eigenvalue weighted by atomic mass is 10.1. The molecule has 3 N–H and O–H groups in total. The fraction of sp³-hybridized carbons (Fsp3) is 0.174. The molecular formula is C23H21BrFN5O3S. The lowest BCUT2D eigenvalue weighted by Crippen LogP contribution is -2.19. The van der Waals surface area contributed by atoms with Gasteiger partial charge in [0.25, 0.3) is 0 Å². The molecule has 1 atom stereocenters. The Kier molecular flexibility index (Phi) is 6.41. The predicted molar refractivity (Wildman–Crippen MR) is 134 cm³/mol. The van der Waals surface area contributed by atoms with Gasteiger partial charge >= 0.3 is 0 Å². The molecule has 0 fully saturated rings. The number of sulfone groups is 1. The lowest BCUT2D eigenvalue weighted by Gasteiger charge is -2.11. The first-order valence-corrected chi connectivity index (χ1v) is 13.0. The molecule has 34 heavy (non-hydrogen) atoms. The van der Waals surface area contributed by atoms with Crippen LogP contribution in [-0.4, -0.2) is 40.4 Å². The van der Waals surface area contributed by atoms with E-state index >= 15 is 0 Å². The molecule has 0 radical (unpaired) electrons. The van der Waals surface area contributed by atoms with Crippen LogP contribution in [-0.2, 0) is 14.6 Å². The number of aromatic amines is 1. The number of hydrogen-bond donors (Lipinski definition) is 3. The zero-order valence-electron chi connectivity index (χ0n) is 18.5. The van der Waals surface area contributed by atoms with Crippen LogP contribution in [0.2, 0.25) is 0 Å². The number of aromatic nitrogens is 3. The maximum absolute atomic E-state index is 14.8. The van der Waals surface area contributed by atoms with Gasteiger partial charge < -0.3 is 15.6 Å². The number of alkyl halides is 1. The van der Waals surface area contributed by atoms with Gasteiger partial charge in [-0.3, -0.25) is 4.79 Å². The van der Waals surface area contributed by atoms with E-state index in [-0.39, 0.29) is 22.4 Å². The van der Waals surface area contributed by atoms with Gasteiger partial charge in [-0.2, -0.15) is 0 Å². The van der Waals surface area contributed by atoms with Crippen molar-refractivity contribution in [3.63, 3.8) is 0 Å². The topological polar surface area (TPSA) is 117 Å². The molecule has 4 rings (SSSR count). The number of hydrogen-bond acceptors (Lipinski definition) is 6. The third kappa shape index (κ3) is 4.66. The number of carbonyl (C=O) groups is 1. The standard InChI is InChI=1S/C23H21BrFN5O3S/c1-12-10-27-23(29-16-7-5-9-18(19(16)25)34(3,32)33)30-20(12)15-11-26-21-14(15)6-4-8-17(21)28-22(31)13(2)24/h4-11,13,26H,1-3H3,(H,28,31)(H,27,29,30). The molecule has 2 aromatic carbocycles. The van der Waals surface area contributed by atoms with Crippen molar-refractivity contribution < 1.29 is 17.6 Å². The molecule has 0 saturated heterocycles. The SMILES string of the molecule is Cc1cnc(Nc2cccc(S(C)(=O)=O)c2F)nc1-c1c[nH]c2c(NC(=O)C(C)Br)cccc12. The average molecular weight is 546 g/mol. The first-order valence-electron chi connectivity index (χ1n) is 10.2. The van der Waals surface area contributed by atoms with Crippen LogP contribution in [0.3, 0.4) is 0 Å². The number of fused-ring (bicyclic) bond motifs is 1. The second kappa shape index (κ2) is 9.15. The minimum Gasteiger partial charge on any atom is -0.359 e. The summed E-state index contributed by atoms with van der Waals surface area (Å²) in [5, 5.41) is 6.49. The number of rotatable bonds is 6. The average Bonchev–Trinajstić information content (AvgIpc) is 3.20. The van der Waals surface area contributed by atoms with Crippen molar-refractivity contribution in [3.8, 4) is 11.3 Å². The van der Waals surface area contributed by atoms with E-state index in [4.69, 9.17) is 0 Å². The van der Waals surface area contributed by atoms with Gasteiger partial charge in [-0.05, 0) is 37.6 Å². The molecule has 0 bridgehead atoms. The zero-order valence-corrected chi connectivity index (χ0v) is 20.9. The number of H-pyrrole nitrogens is 1. The molecule has 0 aliphatic rings. The third-order valence-corrected chi connectivity index (χ3v) is 6.70. The Labute approximate surface area is 204 Å². The quantitative estimate of drug-likeness (QED) is 0.295. The molecule has 4 aromatic rings. The van der Waals surface area contributed by atoms with Crippen LogP contribution in [0.5, 0.6) is 0 Å². The fourth-order valence-corrected chi connectivity index (χ4v) is 4.35. The van der Waals surface area contributed by atoms with E-state index in [1.165, 1.54) is 18.2 Å². The maximum Gasteiger partial charge on any atom is 0.237 e. The van der Waals surface area contributed by atoms with Gasteiger partial charge in [-0.1, -0.05) is 34.1 Å². The van der Waals surface area contributed by atoms with Crippen LogP contribution in [0.15, 0.2) is 53.7 Å². The van der Waals surface area contributed by atoms with E-state index < -0.39 is 20.5 Å². The predicted octanol–water partition coefficient (Wildman–Crippen LogP) is 4.94. The number of amides is 1. The van der Waals surface area contributed by atoms with Gasteiger partial charge in [-0.25, -0.2) is 22.8 Å². The van der Waals surface area contributed by atoms with Gasteiger partial charge in [-0.15, -0.1) is 0 Å². The van der Waals surface area contributed by atoms with Crippen molar-refractivity contribution >= 4 is 59.9 Å². The second-order valence-electron chi connectivity index (χ2n) is 7.78. The first kappa shape index (κ1) is 23.8. The fourth-order valence-electron chi connectivity index (χ4n) is 3.48. The molecule has 2 heterocycles. The Hall–Kier alpha value is -3.31. The van der Waals surface area contributed by atoms with E-state index in [0.29, 0.717) is 11.4 Å². The van der Waals surface area contributed by atoms with Crippen molar-refractivity contribution in [2.75, 3.05) is 16.9 Å². The minimum absolute atomic E-state index is 0.0504. The van der Waals surface area contributed by atoms with Gasteiger partial charge in [0.15, 0.2) is 15.7 Å². The number of benzene rings is 2. The molecule has 8 nitrogen and oxygen atoms in total. The number of anilines is 3. The van der Waals surface area contributed by atoms with Gasteiger partial charge in [0.1, 0.15) is 4.90 Å². The molecule has 0 saturated carbocycles. The van der Waals surface area contributed by atoms with Crippen LogP contribution in [0.1, 0.15) is 12.5 Å². The summed E-state index contributed by atoms with van der Waals surface area (Å²) < 4.78 is 38.5. The lowest BCUT2D eigenvalue weighted by molar-refractivity contribution is -0.115. The summed E-state index contributed by atoms with van der Waals surface area (Å²) in [4.78, 5) is 23.4. The van der Waals surface area contributed by atoms with E-state index in [2.05, 4.69) is 41.5 Å². The number of halogens is 2. The summed E-state index contributed by atoms with van der Waals surface area (Å²) in [6, 6.07) is 9.59. The maximum atomic E-state index is 14.8. The zero-order chi connectivity index (χ0) is 24.6. The number of nitrogens with one attached hydrogen (secondary N) is 3. The van der Waals surface area contributed by atoms with E-state index in [1.807, 2.05) is 19.1 Å². The summed E-state index contributed by atoms with van der Waals surface area (Å²) >= 11 is 3.26. The smallest absolute Gasteiger partial charge is 0.237 e. The molecule has 176 valence electrons. The highest BCUT2D eigenvalue weighted by molar-refractivity contribution is 9.10. The Morgan fingerprint density at radius 3 is 2.59 bits per heavy atom. The van der Waals surface area contributed by atoms with E-state index in [0.717, 1.165) is 28.3 Å². The summed E-state index contributed by atoms with van der Waals surface area (Å²) in [5.41, 5.74) is 3.46. The third-order valence-electron chi connectivity index (χ3n) is 5.17. The molecule has 0 aliphatic heterocycles. The highest BCUT2D eigenvalue weighted by atomic mass is 79.9. The van der Waals surface area contributed by atoms with Gasteiger partial charge in [0.2, 0.25) is 11.9 Å². The van der Waals surface area contributed by atoms with Gasteiger partial charge in [0, 0.05) is 29.6 Å². The Morgan fingerprint density at radius 1 is 1.18 bits per heavy atom. The van der Waals surface area contributed by atoms with E-state index in [9.17, 15) is 17.6 Å². The van der Waals surface area contributed by atoms with Crippen molar-refractivity contribution in [1.29, 1.82) is 0 Å². The Morgan fingerprint density at radius 2 is 1.88 bits per heavy atom. The molecule has 1 unspecified atom stereocenters. The number of aryl methyl sites for hydroxylation is 1. The molecule has 0 aliphatic carbocycles. The monoisotopic (exact) mass is 545 g/mol. The molecular weight excluding hydrogens is 525 g/mol. The number of carbonyl (C=O) groups excluding carboxylic acids is 1. The van der Waals surface area contributed by atoms with Crippen molar-refractivity contribution in [3.05, 3.63) is 60.2 Å². The molecule has 1 amide bonds. The van der Waals surface area contributed by atoms with Crippen LogP contribution >= 0.6 is 15.9 Å². The molecule has 11 heteroatoms. The normalized spacial score (nSPS) is 12.5. The van der Waals surface area contributed by atoms with E-state index in [1.54, 1.807) is 25.4 Å². The second-order valence-corrected chi connectivity index (χ2v) is 11.1. The number of para-hydroxylation sites is 1. The highest BCUT2D eigenvalue weighted by Gasteiger charge is 2.19. The summed E-state index contributed by atoms with van der Waals surface area (Å²) in [7, 11) is -3.73. The first-order chi connectivity index (χ1) is 16.1. The Bertz CT molecular complexity index is 1520. The Balaban J connectivity index is 1.74. The minimum atomic E-state index is -3.73. The summed E-state index contributed by atoms with van der Waals surface area (Å²) in [5.74, 6) is -0.965. The van der Waals surface area contributed by atoms with Gasteiger partial charge in [0.05, 0.1) is 27.4 Å². The van der Waals surface area contributed by atoms with Crippen molar-refractivity contribution in [1.82, 2.24) is 15.0 Å². The highest BCUT2D eigenvalue weighted by Crippen LogP contribution is 2.34. The van der Waals surface area contributed by atoms with Crippen molar-refractivity contribution in [2.24, 2.45) is 0 Å². The van der Waals surface area contributed by atoms with Crippen LogP contribution in [0.4, 0.5) is 21.7 Å². The van der Waals surface area contributed by atoms with Crippen molar-refractivity contribution in [2.45, 2.75) is 23.6 Å². The number of nitrogens with zero attached hydrogens (tertiary/aromatic N) is 2.